The average Bonchev–Trinajstić information content (AvgIpc) is 2.82. The van der Waals surface area contributed by atoms with Gasteiger partial charge in [0.1, 0.15) is 5.75 Å². The first kappa shape index (κ1) is 10.6. The van der Waals surface area contributed by atoms with E-state index in [2.05, 4.69) is 4.98 Å². The lowest BCUT2D eigenvalue weighted by Gasteiger charge is -2.00. The number of hydrogen-bond acceptors (Lipinski definition) is 2. The van der Waals surface area contributed by atoms with Gasteiger partial charge in [-0.2, -0.15) is 0 Å². The van der Waals surface area contributed by atoms with E-state index in [-0.39, 0.29) is 11.5 Å². The van der Waals surface area contributed by atoms with Gasteiger partial charge in [0, 0.05) is 28.2 Å². The number of phenols is 1. The number of rotatable bonds is 2. The number of hydrogen-bond donors (Lipinski definition) is 2. The van der Waals surface area contributed by atoms with Crippen molar-refractivity contribution in [2.24, 2.45) is 0 Å². The van der Waals surface area contributed by atoms with Gasteiger partial charge in [-0.1, -0.05) is 18.2 Å². The Balaban J connectivity index is 2.09. The zero-order valence-corrected chi connectivity index (χ0v) is 9.55. The fourth-order valence-electron chi connectivity index (χ4n) is 2.03. The largest absolute Gasteiger partial charge is 0.508 e. The minimum atomic E-state index is -0.0487. The van der Waals surface area contributed by atoms with E-state index >= 15 is 0 Å². The van der Waals surface area contributed by atoms with Crippen molar-refractivity contribution in [2.45, 2.75) is 0 Å². The van der Waals surface area contributed by atoms with Gasteiger partial charge in [0.15, 0.2) is 5.78 Å². The quantitative estimate of drug-likeness (QED) is 0.673. The van der Waals surface area contributed by atoms with Crippen LogP contribution >= 0.6 is 0 Å². The second kappa shape index (κ2) is 4.04. The monoisotopic (exact) mass is 237 g/mol. The highest BCUT2D eigenvalue weighted by atomic mass is 16.3. The SMILES string of the molecule is O=C(c1ccc(O)cc1)c1c[nH]c2ccccc12. The van der Waals surface area contributed by atoms with Crippen LogP contribution in [0.3, 0.4) is 0 Å². The highest BCUT2D eigenvalue weighted by Crippen LogP contribution is 2.21. The van der Waals surface area contributed by atoms with Crippen molar-refractivity contribution < 1.29 is 9.90 Å². The third-order valence-electron chi connectivity index (χ3n) is 2.96. The number of aromatic hydroxyl groups is 1. The Hall–Kier alpha value is -2.55. The summed E-state index contributed by atoms with van der Waals surface area (Å²) in [4.78, 5) is 15.4. The number of nitrogens with one attached hydrogen (secondary N) is 1. The van der Waals surface area contributed by atoms with Crippen LogP contribution in [0.2, 0.25) is 0 Å². The summed E-state index contributed by atoms with van der Waals surface area (Å²) in [5.74, 6) is 0.109. The van der Waals surface area contributed by atoms with E-state index in [1.54, 1.807) is 18.3 Å². The molecule has 0 saturated heterocycles. The standard InChI is InChI=1S/C15H11NO2/c17-11-7-5-10(6-8-11)15(18)13-9-16-14-4-2-1-3-12(13)14/h1-9,16-17H. The third kappa shape index (κ3) is 1.66. The van der Waals surface area contributed by atoms with E-state index in [1.807, 2.05) is 24.3 Å². The number of aromatic amines is 1. The second-order valence-corrected chi connectivity index (χ2v) is 4.12. The molecule has 0 atom stereocenters. The number of benzene rings is 2. The van der Waals surface area contributed by atoms with Crippen LogP contribution in [0.1, 0.15) is 15.9 Å². The normalized spacial score (nSPS) is 10.7. The Morgan fingerprint density at radius 3 is 2.50 bits per heavy atom. The highest BCUT2D eigenvalue weighted by molar-refractivity contribution is 6.16. The van der Waals surface area contributed by atoms with Gasteiger partial charge in [0.25, 0.3) is 0 Å². The van der Waals surface area contributed by atoms with Gasteiger partial charge < -0.3 is 10.1 Å². The van der Waals surface area contributed by atoms with Crippen molar-refractivity contribution >= 4 is 16.7 Å². The maximum Gasteiger partial charge on any atom is 0.195 e. The van der Waals surface area contributed by atoms with Crippen molar-refractivity contribution in [3.8, 4) is 5.75 Å². The Labute approximate surface area is 104 Å². The van der Waals surface area contributed by atoms with Crippen LogP contribution in [-0.2, 0) is 0 Å². The molecule has 2 aromatic carbocycles. The summed E-state index contributed by atoms with van der Waals surface area (Å²) in [5.41, 5.74) is 2.16. The van der Waals surface area contributed by atoms with Crippen LogP contribution in [0, 0.1) is 0 Å². The van der Waals surface area contributed by atoms with E-state index in [4.69, 9.17) is 0 Å². The zero-order chi connectivity index (χ0) is 12.5. The maximum atomic E-state index is 12.3. The number of carbonyl (C=O) groups is 1. The number of ketones is 1. The Bertz CT molecular complexity index is 711. The van der Waals surface area contributed by atoms with Gasteiger partial charge in [-0.05, 0) is 30.3 Å². The van der Waals surface area contributed by atoms with E-state index in [0.717, 1.165) is 10.9 Å². The molecule has 88 valence electrons. The summed E-state index contributed by atoms with van der Waals surface area (Å²) in [6.07, 6.45) is 1.72. The lowest BCUT2D eigenvalue weighted by molar-refractivity contribution is 0.104. The molecule has 0 aliphatic heterocycles. The van der Waals surface area contributed by atoms with Crippen LogP contribution in [0.15, 0.2) is 54.7 Å². The summed E-state index contributed by atoms with van der Waals surface area (Å²) in [6, 6.07) is 14.0. The lowest BCUT2D eigenvalue weighted by Crippen LogP contribution is -1.99. The minimum Gasteiger partial charge on any atom is -0.508 e. The van der Waals surface area contributed by atoms with Gasteiger partial charge in [0.05, 0.1) is 0 Å². The van der Waals surface area contributed by atoms with E-state index < -0.39 is 0 Å². The lowest BCUT2D eigenvalue weighted by atomic mass is 10.0. The van der Waals surface area contributed by atoms with E-state index in [1.165, 1.54) is 12.1 Å². The Morgan fingerprint density at radius 1 is 1.00 bits per heavy atom. The Kier molecular flexibility index (Phi) is 2.38. The molecule has 3 rings (SSSR count). The van der Waals surface area contributed by atoms with Gasteiger partial charge in [-0.15, -0.1) is 0 Å². The molecule has 0 aliphatic rings. The van der Waals surface area contributed by atoms with Crippen molar-refractivity contribution in [3.63, 3.8) is 0 Å². The first-order chi connectivity index (χ1) is 8.75. The molecule has 0 amide bonds. The number of carbonyl (C=O) groups excluding carboxylic acids is 1. The fraction of sp³-hybridized carbons (Fsp3) is 0. The van der Waals surface area contributed by atoms with Crippen molar-refractivity contribution in [1.29, 1.82) is 0 Å². The van der Waals surface area contributed by atoms with Crippen molar-refractivity contribution in [3.05, 3.63) is 65.9 Å². The molecule has 3 aromatic rings. The van der Waals surface area contributed by atoms with Crippen LogP contribution in [0.5, 0.6) is 5.75 Å². The molecule has 0 saturated carbocycles. The number of H-pyrrole nitrogens is 1. The predicted octanol–water partition coefficient (Wildman–Crippen LogP) is 3.10. The number of para-hydroxylation sites is 1. The third-order valence-corrected chi connectivity index (χ3v) is 2.96. The van der Waals surface area contributed by atoms with Gasteiger partial charge in [-0.3, -0.25) is 4.79 Å². The summed E-state index contributed by atoms with van der Waals surface area (Å²) in [6.45, 7) is 0. The molecule has 0 fully saturated rings. The van der Waals surface area contributed by atoms with E-state index in [0.29, 0.717) is 11.1 Å². The summed E-state index contributed by atoms with van der Waals surface area (Å²) in [7, 11) is 0. The summed E-state index contributed by atoms with van der Waals surface area (Å²) in [5, 5.41) is 10.1. The second-order valence-electron chi connectivity index (χ2n) is 4.12. The van der Waals surface area contributed by atoms with Crippen molar-refractivity contribution in [2.75, 3.05) is 0 Å². The first-order valence-electron chi connectivity index (χ1n) is 5.65. The first-order valence-corrected chi connectivity index (χ1v) is 5.65. The Morgan fingerprint density at radius 2 is 1.72 bits per heavy atom. The van der Waals surface area contributed by atoms with Gasteiger partial charge >= 0.3 is 0 Å². The molecular formula is C15H11NO2. The van der Waals surface area contributed by atoms with Crippen LogP contribution in [0.4, 0.5) is 0 Å². The minimum absolute atomic E-state index is 0.0487. The molecular weight excluding hydrogens is 226 g/mol. The highest BCUT2D eigenvalue weighted by Gasteiger charge is 2.13. The predicted molar refractivity (Wildman–Crippen MR) is 69.8 cm³/mol. The van der Waals surface area contributed by atoms with Crippen LogP contribution in [-0.4, -0.2) is 15.9 Å². The van der Waals surface area contributed by atoms with E-state index in [9.17, 15) is 9.90 Å². The molecule has 1 aromatic heterocycles. The molecule has 3 heteroatoms. The molecule has 3 nitrogen and oxygen atoms in total. The number of fused-ring (bicyclic) bond motifs is 1. The van der Waals surface area contributed by atoms with Gasteiger partial charge in [0.2, 0.25) is 0 Å². The molecule has 0 spiro atoms. The molecule has 0 aliphatic carbocycles. The van der Waals surface area contributed by atoms with Crippen molar-refractivity contribution in [1.82, 2.24) is 4.98 Å². The average molecular weight is 237 g/mol. The topological polar surface area (TPSA) is 53.1 Å². The summed E-state index contributed by atoms with van der Waals surface area (Å²) < 4.78 is 0. The smallest absolute Gasteiger partial charge is 0.195 e. The molecule has 0 unspecified atom stereocenters. The molecule has 1 heterocycles. The maximum absolute atomic E-state index is 12.3. The molecule has 0 bridgehead atoms. The van der Waals surface area contributed by atoms with Crippen LogP contribution < -0.4 is 0 Å². The molecule has 18 heavy (non-hydrogen) atoms. The molecule has 2 N–H and O–H groups in total. The van der Waals surface area contributed by atoms with Crippen LogP contribution in [0.25, 0.3) is 10.9 Å². The van der Waals surface area contributed by atoms with Gasteiger partial charge in [-0.25, -0.2) is 0 Å². The number of aromatic nitrogens is 1. The fourth-order valence-corrected chi connectivity index (χ4v) is 2.03. The zero-order valence-electron chi connectivity index (χ0n) is 9.55. The number of phenolic OH excluding ortho intramolecular Hbond substituents is 1. The summed E-state index contributed by atoms with van der Waals surface area (Å²) >= 11 is 0. The molecule has 0 radical (unpaired) electrons.